The number of aliphatic hydroxyl groups excluding tert-OH is 3. The maximum Gasteiger partial charge on any atom is 0.310 e. The van der Waals surface area contributed by atoms with Crippen molar-refractivity contribution in [3.8, 4) is 0 Å². The smallest absolute Gasteiger partial charge is 0.310 e. The summed E-state index contributed by atoms with van der Waals surface area (Å²) in [7, 11) is 0.960. The second kappa shape index (κ2) is 33.5. The molecule has 0 bridgehead atoms. The summed E-state index contributed by atoms with van der Waals surface area (Å²) in [5, 5.41) is 31.4. The largest absolute Gasteiger partial charge is 0.756 e. The average molecular weight is 856 g/mol. The van der Waals surface area contributed by atoms with Gasteiger partial charge in [0, 0.05) is 18.8 Å². The van der Waals surface area contributed by atoms with Gasteiger partial charge in [0.2, 0.25) is 0 Å². The van der Waals surface area contributed by atoms with Crippen molar-refractivity contribution in [2.24, 2.45) is 11.8 Å². The number of phosphoric ester groups is 1. The molecule has 0 radical (unpaired) electrons. The number of carbonyl (C=O) groups excluding carboxylic acids is 2. The van der Waals surface area contributed by atoms with E-state index in [4.69, 9.17) is 18.5 Å². The number of rotatable bonds is 36. The van der Waals surface area contributed by atoms with E-state index in [1.165, 1.54) is 38.5 Å². The molecule has 1 rings (SSSR count). The molecule has 1 aliphatic rings. The molecule has 342 valence electrons. The zero-order valence-electron chi connectivity index (χ0n) is 37.3. The molecule has 0 heterocycles. The number of hydrogen-bond acceptors (Lipinski definition) is 11. The Morgan fingerprint density at radius 2 is 1.41 bits per heavy atom. The van der Waals surface area contributed by atoms with Crippen molar-refractivity contribution in [1.82, 2.24) is 0 Å². The number of allylic oxidation sites excluding steroid dienone is 5. The van der Waals surface area contributed by atoms with E-state index in [9.17, 15) is 34.4 Å². The Morgan fingerprint density at radius 1 is 0.780 bits per heavy atom. The highest BCUT2D eigenvalue weighted by Gasteiger charge is 2.39. The maximum atomic E-state index is 12.8. The van der Waals surface area contributed by atoms with Crippen molar-refractivity contribution in [2.45, 2.75) is 173 Å². The Balaban J connectivity index is 2.54. The Hall–Kier alpha value is -2.15. The number of quaternary nitrogens is 1. The number of unbranched alkanes of at least 4 members (excludes halogenated alkanes) is 12. The molecular weight excluding hydrogens is 773 g/mol. The fourth-order valence-corrected chi connectivity index (χ4v) is 7.50. The molecule has 13 heteroatoms. The minimum atomic E-state index is -4.72. The van der Waals surface area contributed by atoms with Gasteiger partial charge >= 0.3 is 11.9 Å². The molecule has 0 aliphatic heterocycles. The first-order valence-corrected chi connectivity index (χ1v) is 24.1. The van der Waals surface area contributed by atoms with Gasteiger partial charge in [-0.05, 0) is 57.3 Å². The summed E-state index contributed by atoms with van der Waals surface area (Å²) in [6.07, 6.45) is 31.2. The Morgan fingerprint density at radius 3 is 2.07 bits per heavy atom. The van der Waals surface area contributed by atoms with Gasteiger partial charge in [0.05, 0.1) is 52.5 Å². The van der Waals surface area contributed by atoms with Crippen LogP contribution in [-0.2, 0) is 32.7 Å². The standard InChI is InChI=1S/C46H82NO11P/c1-6-8-10-11-12-13-14-15-16-17-18-19-20-21-22-23-25-30-45(51)55-37-40(38-57-59(53,54)56-35-34-47(3,4)5)58-46(52)31-27-26-29-41-42(44(50)36-43(41)49)33-32-39(48)28-24-9-7-2/h12-13,15-16,26-27,32-33,39-44,48-50H,6-11,14,17-25,28-31,34-38H2,1-5H3/b13-12-,16-15-,27-26-,33-32+/t39-,40-,41+,42-,43+,44-/m1/s1. The quantitative estimate of drug-likeness (QED) is 0.0182. The number of hydrogen-bond donors (Lipinski definition) is 3. The predicted molar refractivity (Wildman–Crippen MR) is 233 cm³/mol. The van der Waals surface area contributed by atoms with E-state index in [1.54, 1.807) is 24.3 Å². The molecule has 7 atom stereocenters. The van der Waals surface area contributed by atoms with Crippen LogP contribution in [0.3, 0.4) is 0 Å². The highest BCUT2D eigenvalue weighted by molar-refractivity contribution is 7.45. The van der Waals surface area contributed by atoms with Crippen LogP contribution in [0.2, 0.25) is 0 Å². The zero-order chi connectivity index (χ0) is 43.8. The highest BCUT2D eigenvalue weighted by atomic mass is 31.2. The molecule has 0 aromatic carbocycles. The Kier molecular flexibility index (Phi) is 31.1. The van der Waals surface area contributed by atoms with E-state index in [1.807, 2.05) is 21.1 Å². The van der Waals surface area contributed by atoms with E-state index >= 15 is 0 Å². The van der Waals surface area contributed by atoms with E-state index in [2.05, 4.69) is 38.2 Å². The van der Waals surface area contributed by atoms with Crippen molar-refractivity contribution < 1.29 is 57.4 Å². The molecule has 59 heavy (non-hydrogen) atoms. The van der Waals surface area contributed by atoms with E-state index in [0.717, 1.165) is 57.8 Å². The van der Waals surface area contributed by atoms with E-state index < -0.39 is 50.8 Å². The normalized spacial score (nSPS) is 20.9. The molecule has 1 saturated carbocycles. The molecule has 1 unspecified atom stereocenters. The van der Waals surface area contributed by atoms with E-state index in [-0.39, 0.29) is 44.3 Å². The first kappa shape index (κ1) is 54.9. The summed E-state index contributed by atoms with van der Waals surface area (Å²) in [5.74, 6) is -1.79. The zero-order valence-corrected chi connectivity index (χ0v) is 38.2. The van der Waals surface area contributed by atoms with Gasteiger partial charge in [-0.15, -0.1) is 0 Å². The summed E-state index contributed by atoms with van der Waals surface area (Å²) >= 11 is 0. The lowest BCUT2D eigenvalue weighted by molar-refractivity contribution is -0.870. The third-order valence-electron chi connectivity index (χ3n) is 10.4. The number of ether oxygens (including phenoxy) is 2. The van der Waals surface area contributed by atoms with Gasteiger partial charge in [0.1, 0.15) is 19.8 Å². The molecule has 12 nitrogen and oxygen atoms in total. The fourth-order valence-electron chi connectivity index (χ4n) is 6.78. The molecule has 0 amide bonds. The lowest BCUT2D eigenvalue weighted by Crippen LogP contribution is -2.37. The maximum absolute atomic E-state index is 12.8. The van der Waals surface area contributed by atoms with Crippen LogP contribution in [0, 0.1) is 11.8 Å². The lowest BCUT2D eigenvalue weighted by Gasteiger charge is -2.28. The number of nitrogens with zero attached hydrogens (tertiary/aromatic N) is 1. The van der Waals surface area contributed by atoms with E-state index in [0.29, 0.717) is 30.3 Å². The predicted octanol–water partition coefficient (Wildman–Crippen LogP) is 8.43. The second-order valence-corrected chi connectivity index (χ2v) is 18.5. The summed E-state index contributed by atoms with van der Waals surface area (Å²) in [4.78, 5) is 37.8. The molecular formula is C46H82NO11P. The van der Waals surface area contributed by atoms with Crippen molar-refractivity contribution in [3.05, 3.63) is 48.6 Å². The first-order chi connectivity index (χ1) is 28.2. The van der Waals surface area contributed by atoms with Gasteiger partial charge in [-0.3, -0.25) is 14.2 Å². The van der Waals surface area contributed by atoms with Crippen LogP contribution in [0.1, 0.15) is 149 Å². The monoisotopic (exact) mass is 856 g/mol. The Labute approximate surface area is 357 Å². The summed E-state index contributed by atoms with van der Waals surface area (Å²) < 4.78 is 33.8. The van der Waals surface area contributed by atoms with Gasteiger partial charge < -0.3 is 43.2 Å². The lowest BCUT2D eigenvalue weighted by atomic mass is 9.89. The van der Waals surface area contributed by atoms with Crippen molar-refractivity contribution in [1.29, 1.82) is 0 Å². The fraction of sp³-hybridized carbons (Fsp3) is 0.783. The Bertz CT molecular complexity index is 1260. The first-order valence-electron chi connectivity index (χ1n) is 22.6. The number of carbonyl (C=O) groups is 2. The number of likely N-dealkylation sites (N-methyl/N-ethyl adjacent to an activating group) is 1. The average Bonchev–Trinajstić information content (AvgIpc) is 3.44. The molecule has 3 N–H and O–H groups in total. The summed E-state index contributed by atoms with van der Waals surface area (Å²) in [6, 6.07) is 0. The van der Waals surface area contributed by atoms with Crippen molar-refractivity contribution >= 4 is 19.8 Å². The van der Waals surface area contributed by atoms with Gasteiger partial charge in [0.15, 0.2) is 6.10 Å². The van der Waals surface area contributed by atoms with Crippen LogP contribution in [0.15, 0.2) is 48.6 Å². The van der Waals surface area contributed by atoms with Crippen LogP contribution in [0.4, 0.5) is 0 Å². The molecule has 0 saturated heterocycles. The topological polar surface area (TPSA) is 172 Å². The molecule has 1 fully saturated rings. The van der Waals surface area contributed by atoms with Crippen LogP contribution in [0.5, 0.6) is 0 Å². The van der Waals surface area contributed by atoms with Crippen molar-refractivity contribution in [3.63, 3.8) is 0 Å². The van der Waals surface area contributed by atoms with Crippen LogP contribution in [-0.4, -0.2) is 104 Å². The molecule has 0 aromatic heterocycles. The molecule has 1 aliphatic carbocycles. The second-order valence-electron chi connectivity index (χ2n) is 17.0. The number of esters is 2. The molecule has 0 aromatic rings. The van der Waals surface area contributed by atoms with Crippen LogP contribution < -0.4 is 4.89 Å². The summed E-state index contributed by atoms with van der Waals surface area (Å²) in [6.45, 7) is 3.69. The van der Waals surface area contributed by atoms with Crippen molar-refractivity contribution in [2.75, 3.05) is 47.5 Å². The van der Waals surface area contributed by atoms with Crippen LogP contribution in [0.25, 0.3) is 0 Å². The molecule has 0 spiro atoms. The number of aliphatic hydroxyl groups is 3. The van der Waals surface area contributed by atoms with Gasteiger partial charge in [-0.2, -0.15) is 0 Å². The summed E-state index contributed by atoms with van der Waals surface area (Å²) in [5.41, 5.74) is 0. The van der Waals surface area contributed by atoms with Gasteiger partial charge in [-0.25, -0.2) is 0 Å². The highest BCUT2D eigenvalue weighted by Crippen LogP contribution is 2.38. The SMILES string of the molecule is CCCCC/C=C\C/C=C\CCCCCCCCCC(=O)OC[C@H](COP(=O)([O-])OCC[N+](C)(C)C)OC(=O)C/C=C\C[C@H]1[C@@H](/C=C/[C@H](O)CCCCC)[C@H](O)C[C@@H]1O. The third kappa shape index (κ3) is 30.5. The minimum absolute atomic E-state index is 0.0911. The van der Waals surface area contributed by atoms with Gasteiger partial charge in [-0.1, -0.05) is 127 Å². The van der Waals surface area contributed by atoms with Crippen LogP contribution >= 0.6 is 7.82 Å². The van der Waals surface area contributed by atoms with Gasteiger partial charge in [0.25, 0.3) is 7.82 Å². The third-order valence-corrected chi connectivity index (χ3v) is 11.4. The number of phosphoric acid groups is 1. The minimum Gasteiger partial charge on any atom is -0.756 e.